The normalized spacial score (nSPS) is 12.2. The zero-order valence-corrected chi connectivity index (χ0v) is 17.4. The summed E-state index contributed by atoms with van der Waals surface area (Å²) in [5, 5.41) is 12.1. The molecule has 9 nitrogen and oxygen atoms in total. The Bertz CT molecular complexity index is 883. The Balaban J connectivity index is 2.36. The van der Waals surface area contributed by atoms with E-state index in [9.17, 15) is 14.7 Å². The van der Waals surface area contributed by atoms with Gasteiger partial charge in [0.1, 0.15) is 5.60 Å². The van der Waals surface area contributed by atoms with Crippen LogP contribution >= 0.6 is 0 Å². The van der Waals surface area contributed by atoms with Crippen LogP contribution in [0.1, 0.15) is 56.9 Å². The van der Waals surface area contributed by atoms with Gasteiger partial charge in [-0.25, -0.2) is 14.6 Å². The second-order valence-electron chi connectivity index (χ2n) is 7.20. The molecule has 0 aliphatic rings. The van der Waals surface area contributed by atoms with E-state index < -0.39 is 23.7 Å². The van der Waals surface area contributed by atoms with Gasteiger partial charge in [-0.3, -0.25) is 0 Å². The first-order chi connectivity index (χ1) is 13.6. The van der Waals surface area contributed by atoms with Gasteiger partial charge in [-0.1, -0.05) is 0 Å². The van der Waals surface area contributed by atoms with E-state index in [-0.39, 0.29) is 17.3 Å². The van der Waals surface area contributed by atoms with Gasteiger partial charge < -0.3 is 29.1 Å². The lowest BCUT2D eigenvalue weighted by molar-refractivity contribution is 0.0498. The number of nitrogens with one attached hydrogen (secondary N) is 1. The number of alkyl carbamates (subject to hydrolysis) is 1. The molecule has 0 fully saturated rings. The number of hydrogen-bond acceptors (Lipinski definition) is 7. The van der Waals surface area contributed by atoms with Crippen LogP contribution in [0.4, 0.5) is 4.79 Å². The molecule has 9 heteroatoms. The molecule has 2 N–H and O–H groups in total. The molecule has 0 aliphatic heterocycles. The van der Waals surface area contributed by atoms with Crippen molar-refractivity contribution in [2.45, 2.75) is 46.3 Å². The molecule has 1 atom stereocenters. The molecule has 29 heavy (non-hydrogen) atoms. The van der Waals surface area contributed by atoms with Gasteiger partial charge in [-0.05, 0) is 52.8 Å². The molecule has 2 aromatic rings. The first kappa shape index (κ1) is 22.1. The molecule has 0 bridgehead atoms. The number of rotatable bonds is 7. The van der Waals surface area contributed by atoms with E-state index in [4.69, 9.17) is 18.6 Å². The predicted octanol–water partition coefficient (Wildman–Crippen LogP) is 4.03. The van der Waals surface area contributed by atoms with Crippen molar-refractivity contribution in [2.75, 3.05) is 13.7 Å². The maximum Gasteiger partial charge on any atom is 0.408 e. The van der Waals surface area contributed by atoms with Crippen molar-refractivity contribution in [1.82, 2.24) is 10.3 Å². The third-order valence-electron chi connectivity index (χ3n) is 3.69. The van der Waals surface area contributed by atoms with Crippen LogP contribution in [0.3, 0.4) is 0 Å². The van der Waals surface area contributed by atoms with Crippen molar-refractivity contribution in [2.24, 2.45) is 0 Å². The van der Waals surface area contributed by atoms with Gasteiger partial charge in [0, 0.05) is 5.56 Å². The molecule has 0 saturated heterocycles. The number of nitrogens with zero attached hydrogens (tertiary/aromatic N) is 1. The molecule has 1 aromatic carbocycles. The van der Waals surface area contributed by atoms with Gasteiger partial charge in [-0.15, -0.1) is 0 Å². The number of benzene rings is 1. The molecule has 0 aliphatic carbocycles. The largest absolute Gasteiger partial charge is 0.493 e. The summed E-state index contributed by atoms with van der Waals surface area (Å²) >= 11 is 0. The highest BCUT2D eigenvalue weighted by atomic mass is 16.6. The van der Waals surface area contributed by atoms with Crippen LogP contribution in [0, 0.1) is 0 Å². The third kappa shape index (κ3) is 5.63. The van der Waals surface area contributed by atoms with Gasteiger partial charge in [0.25, 0.3) is 0 Å². The van der Waals surface area contributed by atoms with E-state index >= 15 is 0 Å². The molecule has 0 unspecified atom stereocenters. The minimum Gasteiger partial charge on any atom is -0.493 e. The van der Waals surface area contributed by atoms with E-state index in [2.05, 4.69) is 10.3 Å². The number of carboxylic acid groups (broad SMARTS) is 1. The van der Waals surface area contributed by atoms with Gasteiger partial charge >= 0.3 is 12.1 Å². The second-order valence-corrected chi connectivity index (χ2v) is 7.20. The van der Waals surface area contributed by atoms with Crippen LogP contribution in [-0.4, -0.2) is 41.5 Å². The number of aromatic nitrogens is 1. The number of hydrogen-bond donors (Lipinski definition) is 2. The molecule has 1 aromatic heterocycles. The molecule has 158 valence electrons. The summed E-state index contributed by atoms with van der Waals surface area (Å²) in [7, 11) is 1.52. The second kappa shape index (κ2) is 8.85. The number of carbonyl (C=O) groups excluding carboxylic acids is 1. The maximum absolute atomic E-state index is 12.0. The van der Waals surface area contributed by atoms with E-state index in [0.717, 1.165) is 0 Å². The highest BCUT2D eigenvalue weighted by Crippen LogP contribution is 2.34. The highest BCUT2D eigenvalue weighted by Gasteiger charge is 2.27. The zero-order chi connectivity index (χ0) is 21.8. The van der Waals surface area contributed by atoms with Crippen molar-refractivity contribution in [3.63, 3.8) is 0 Å². The molecule has 2 rings (SSSR count). The average molecular weight is 406 g/mol. The highest BCUT2D eigenvalue weighted by molar-refractivity contribution is 5.87. The standard InChI is InChI=1S/C20H26N2O7/c1-7-27-14-10-12(8-9-13(14)26-6)17-22-15(18(23)24)16(28-17)11(2)21-19(25)29-20(3,4)5/h8-11H,7H2,1-6H3,(H,21,25)(H,23,24)/t11-/m0/s1. The van der Waals surface area contributed by atoms with Crippen LogP contribution in [0.25, 0.3) is 11.5 Å². The predicted molar refractivity (Wildman–Crippen MR) is 104 cm³/mol. The minimum absolute atomic E-state index is 0.00661. The number of aromatic carboxylic acids is 1. The molecular formula is C20H26N2O7. The van der Waals surface area contributed by atoms with Crippen LogP contribution in [0.2, 0.25) is 0 Å². The maximum atomic E-state index is 12.0. The number of methoxy groups -OCH3 is 1. The number of carboxylic acids is 1. The van der Waals surface area contributed by atoms with E-state index in [1.807, 2.05) is 6.92 Å². The van der Waals surface area contributed by atoms with Gasteiger partial charge in [-0.2, -0.15) is 0 Å². The van der Waals surface area contributed by atoms with E-state index in [1.165, 1.54) is 7.11 Å². The quantitative estimate of drug-likeness (QED) is 0.707. The minimum atomic E-state index is -1.27. The summed E-state index contributed by atoms with van der Waals surface area (Å²) in [6, 6.07) is 4.22. The lowest BCUT2D eigenvalue weighted by Crippen LogP contribution is -2.34. The molecule has 1 heterocycles. The summed E-state index contributed by atoms with van der Waals surface area (Å²) in [6.07, 6.45) is -0.692. The van der Waals surface area contributed by atoms with Crippen molar-refractivity contribution in [1.29, 1.82) is 0 Å². The Morgan fingerprint density at radius 1 is 1.28 bits per heavy atom. The Morgan fingerprint density at radius 2 is 1.97 bits per heavy atom. The number of amides is 1. The number of carbonyl (C=O) groups is 2. The summed E-state index contributed by atoms with van der Waals surface area (Å²) in [5.74, 6) is -0.179. The van der Waals surface area contributed by atoms with E-state index in [0.29, 0.717) is 23.7 Å². The Kier molecular flexibility index (Phi) is 6.73. The van der Waals surface area contributed by atoms with E-state index in [1.54, 1.807) is 45.9 Å². The molecular weight excluding hydrogens is 380 g/mol. The Hall–Kier alpha value is -3.23. The number of oxazole rings is 1. The van der Waals surface area contributed by atoms with Gasteiger partial charge in [0.2, 0.25) is 5.89 Å². The molecule has 0 saturated carbocycles. The first-order valence-corrected chi connectivity index (χ1v) is 9.10. The molecule has 1 amide bonds. The fraction of sp³-hybridized carbons (Fsp3) is 0.450. The monoisotopic (exact) mass is 406 g/mol. The lowest BCUT2D eigenvalue weighted by Gasteiger charge is -2.21. The lowest BCUT2D eigenvalue weighted by atomic mass is 10.2. The number of ether oxygens (including phenoxy) is 3. The fourth-order valence-electron chi connectivity index (χ4n) is 2.53. The Morgan fingerprint density at radius 3 is 2.52 bits per heavy atom. The smallest absolute Gasteiger partial charge is 0.408 e. The zero-order valence-electron chi connectivity index (χ0n) is 17.4. The summed E-state index contributed by atoms with van der Waals surface area (Å²) in [5.41, 5.74) is -0.477. The summed E-state index contributed by atoms with van der Waals surface area (Å²) in [6.45, 7) is 9.03. The average Bonchev–Trinajstić information content (AvgIpc) is 3.06. The topological polar surface area (TPSA) is 120 Å². The SMILES string of the molecule is CCOc1cc(-c2nc(C(=O)O)c([C@H](C)NC(=O)OC(C)(C)C)o2)ccc1OC. The van der Waals surface area contributed by atoms with Crippen molar-refractivity contribution in [3.8, 4) is 23.0 Å². The fourth-order valence-corrected chi connectivity index (χ4v) is 2.53. The van der Waals surface area contributed by atoms with Crippen LogP contribution in [-0.2, 0) is 4.74 Å². The third-order valence-corrected chi connectivity index (χ3v) is 3.69. The Labute approximate surface area is 169 Å². The molecule has 0 spiro atoms. The molecule has 0 radical (unpaired) electrons. The summed E-state index contributed by atoms with van der Waals surface area (Å²) < 4.78 is 21.7. The van der Waals surface area contributed by atoms with Crippen molar-refractivity contribution >= 4 is 12.1 Å². The van der Waals surface area contributed by atoms with Gasteiger partial charge in [0.15, 0.2) is 23.0 Å². The van der Waals surface area contributed by atoms with Crippen LogP contribution in [0.5, 0.6) is 11.5 Å². The van der Waals surface area contributed by atoms with Gasteiger partial charge in [0.05, 0.1) is 19.8 Å². The van der Waals surface area contributed by atoms with Crippen LogP contribution < -0.4 is 14.8 Å². The summed E-state index contributed by atoms with van der Waals surface area (Å²) in [4.78, 5) is 27.7. The van der Waals surface area contributed by atoms with Crippen LogP contribution in [0.15, 0.2) is 22.6 Å². The van der Waals surface area contributed by atoms with Crippen molar-refractivity contribution < 1.29 is 33.3 Å². The first-order valence-electron chi connectivity index (χ1n) is 9.10. The van der Waals surface area contributed by atoms with Crippen molar-refractivity contribution in [3.05, 3.63) is 29.7 Å².